The second-order valence-electron chi connectivity index (χ2n) is 14.6. The van der Waals surface area contributed by atoms with Crippen LogP contribution < -0.4 is 0 Å². The van der Waals surface area contributed by atoms with Crippen LogP contribution in [0.15, 0.2) is 200 Å². The van der Waals surface area contributed by atoms with Gasteiger partial charge >= 0.3 is 0 Å². The summed E-state index contributed by atoms with van der Waals surface area (Å²) in [6.07, 6.45) is 9.62. The molecule has 56 heavy (non-hydrogen) atoms. The van der Waals surface area contributed by atoms with Gasteiger partial charge in [-0.25, -0.2) is 9.97 Å². The van der Waals surface area contributed by atoms with E-state index in [1.807, 2.05) is 6.07 Å². The molecule has 7 aromatic carbocycles. The van der Waals surface area contributed by atoms with Gasteiger partial charge in [0.15, 0.2) is 5.82 Å². The van der Waals surface area contributed by atoms with Gasteiger partial charge in [-0.05, 0) is 71.1 Å². The molecule has 0 bridgehead atoms. The minimum absolute atomic E-state index is 0.191. The molecule has 0 amide bonds. The summed E-state index contributed by atoms with van der Waals surface area (Å²) in [5.41, 5.74) is 12.6. The molecule has 1 aliphatic carbocycles. The van der Waals surface area contributed by atoms with Crippen molar-refractivity contribution in [2.45, 2.75) is 12.3 Å². The first-order valence-corrected chi connectivity index (χ1v) is 19.3. The predicted molar refractivity (Wildman–Crippen MR) is 233 cm³/mol. The van der Waals surface area contributed by atoms with Gasteiger partial charge in [-0.2, -0.15) is 0 Å². The Morgan fingerprint density at radius 2 is 1.00 bits per heavy atom. The van der Waals surface area contributed by atoms with Crippen LogP contribution in [0.3, 0.4) is 0 Å². The molecule has 264 valence electrons. The summed E-state index contributed by atoms with van der Waals surface area (Å²) in [7, 11) is 0. The Labute approximate surface area is 325 Å². The normalized spacial score (nSPS) is 14.0. The van der Waals surface area contributed by atoms with E-state index in [0.29, 0.717) is 0 Å². The molecule has 3 heterocycles. The SMILES string of the molecule is C1=CCC(c2cc(-n3c4ccccc4c4cc(-c5ccc6c7ccccc7n(-c7ccc(-c8ccccc8)cc7)c6c5)ccc43)nc(-c3ccccc3)n2)C=C1. The lowest BCUT2D eigenvalue weighted by molar-refractivity contribution is 0.806. The van der Waals surface area contributed by atoms with E-state index in [2.05, 4.69) is 203 Å². The van der Waals surface area contributed by atoms with E-state index >= 15 is 0 Å². The highest BCUT2D eigenvalue weighted by Crippen LogP contribution is 2.39. The lowest BCUT2D eigenvalue weighted by atomic mass is 9.97. The van der Waals surface area contributed by atoms with E-state index in [9.17, 15) is 0 Å². The van der Waals surface area contributed by atoms with Gasteiger partial charge in [0.05, 0.1) is 27.8 Å². The van der Waals surface area contributed by atoms with Crippen LogP contribution in [0.1, 0.15) is 18.0 Å². The summed E-state index contributed by atoms with van der Waals surface area (Å²) in [6, 6.07) is 63.2. The zero-order valence-electron chi connectivity index (χ0n) is 30.6. The first-order chi connectivity index (χ1) is 27.8. The van der Waals surface area contributed by atoms with Gasteiger partial charge in [-0.1, -0.05) is 152 Å². The molecule has 1 aliphatic rings. The van der Waals surface area contributed by atoms with E-state index in [-0.39, 0.29) is 5.92 Å². The molecule has 0 fully saturated rings. The van der Waals surface area contributed by atoms with E-state index in [1.54, 1.807) is 0 Å². The summed E-state index contributed by atoms with van der Waals surface area (Å²) in [4.78, 5) is 10.4. The zero-order chi connectivity index (χ0) is 37.0. The van der Waals surface area contributed by atoms with Crippen molar-refractivity contribution in [3.63, 3.8) is 0 Å². The van der Waals surface area contributed by atoms with Crippen LogP contribution in [0.2, 0.25) is 0 Å². The Bertz CT molecular complexity index is 3150. The van der Waals surface area contributed by atoms with Gasteiger partial charge in [0, 0.05) is 44.8 Å². The Balaban J connectivity index is 1.07. The fraction of sp³-hybridized carbons (Fsp3) is 0.0385. The third-order valence-electron chi connectivity index (χ3n) is 11.3. The molecule has 0 aliphatic heterocycles. The number of hydrogen-bond acceptors (Lipinski definition) is 2. The molecule has 0 spiro atoms. The van der Waals surface area contributed by atoms with Crippen LogP contribution in [0.5, 0.6) is 0 Å². The van der Waals surface area contributed by atoms with Crippen molar-refractivity contribution < 1.29 is 0 Å². The van der Waals surface area contributed by atoms with Crippen molar-refractivity contribution in [2.24, 2.45) is 0 Å². The molecule has 0 radical (unpaired) electrons. The number of rotatable bonds is 6. The van der Waals surface area contributed by atoms with Crippen LogP contribution in [0, 0.1) is 0 Å². The molecule has 0 N–H and O–H groups in total. The fourth-order valence-corrected chi connectivity index (χ4v) is 8.53. The van der Waals surface area contributed by atoms with Crippen molar-refractivity contribution in [2.75, 3.05) is 0 Å². The van der Waals surface area contributed by atoms with Gasteiger partial charge in [0.1, 0.15) is 5.82 Å². The largest absolute Gasteiger partial charge is 0.309 e. The van der Waals surface area contributed by atoms with Crippen LogP contribution in [-0.4, -0.2) is 19.1 Å². The number of allylic oxidation sites excluding steroid dienone is 4. The standard InChI is InChI=1S/C52H36N4/c1-4-14-35(15-5-1)36-24-28-41(29-25-36)55-47-22-12-10-20-42(47)44-30-26-40(33-50(44)55)39-27-31-49-45(32-39)43-21-11-13-23-48(43)56(49)51-34-46(37-16-6-2-7-17-37)53-52(54-51)38-18-8-3-9-19-38/h1-16,18-34,37H,17H2. The number of fused-ring (bicyclic) bond motifs is 6. The van der Waals surface area contributed by atoms with Crippen LogP contribution in [-0.2, 0) is 0 Å². The minimum Gasteiger partial charge on any atom is -0.309 e. The van der Waals surface area contributed by atoms with Gasteiger partial charge in [-0.15, -0.1) is 0 Å². The smallest absolute Gasteiger partial charge is 0.161 e. The van der Waals surface area contributed by atoms with Crippen molar-refractivity contribution in [3.8, 4) is 45.1 Å². The average molecular weight is 717 g/mol. The predicted octanol–water partition coefficient (Wildman–Crippen LogP) is 13.3. The number of benzene rings is 7. The van der Waals surface area contributed by atoms with Crippen molar-refractivity contribution >= 4 is 43.6 Å². The molecule has 10 aromatic rings. The first kappa shape index (κ1) is 32.2. The van der Waals surface area contributed by atoms with Gasteiger partial charge in [0.2, 0.25) is 0 Å². The van der Waals surface area contributed by atoms with E-state index in [1.165, 1.54) is 54.8 Å². The van der Waals surface area contributed by atoms with Gasteiger partial charge in [-0.3, -0.25) is 4.57 Å². The maximum Gasteiger partial charge on any atom is 0.161 e. The summed E-state index contributed by atoms with van der Waals surface area (Å²) in [5, 5.41) is 4.88. The number of para-hydroxylation sites is 2. The third-order valence-corrected chi connectivity index (χ3v) is 11.3. The molecule has 1 atom stereocenters. The average Bonchev–Trinajstić information content (AvgIpc) is 3.79. The molecular weight excluding hydrogens is 681 g/mol. The van der Waals surface area contributed by atoms with Crippen LogP contribution >= 0.6 is 0 Å². The Kier molecular flexibility index (Phi) is 7.59. The third kappa shape index (κ3) is 5.38. The van der Waals surface area contributed by atoms with Gasteiger partial charge in [0.25, 0.3) is 0 Å². The van der Waals surface area contributed by atoms with Crippen molar-refractivity contribution in [1.82, 2.24) is 19.1 Å². The van der Waals surface area contributed by atoms with Crippen LogP contribution in [0.25, 0.3) is 88.8 Å². The lowest BCUT2D eigenvalue weighted by Crippen LogP contribution is -2.07. The Morgan fingerprint density at radius 1 is 0.411 bits per heavy atom. The van der Waals surface area contributed by atoms with Crippen molar-refractivity contribution in [3.05, 3.63) is 206 Å². The maximum atomic E-state index is 5.24. The summed E-state index contributed by atoms with van der Waals surface area (Å²) in [6.45, 7) is 0. The van der Waals surface area contributed by atoms with Gasteiger partial charge < -0.3 is 4.57 Å². The molecule has 3 aromatic heterocycles. The van der Waals surface area contributed by atoms with E-state index in [4.69, 9.17) is 9.97 Å². The summed E-state index contributed by atoms with van der Waals surface area (Å²) >= 11 is 0. The Morgan fingerprint density at radius 3 is 1.75 bits per heavy atom. The fourth-order valence-electron chi connectivity index (χ4n) is 8.53. The monoisotopic (exact) mass is 716 g/mol. The molecule has 0 saturated carbocycles. The summed E-state index contributed by atoms with van der Waals surface area (Å²) in [5.74, 6) is 1.80. The highest BCUT2D eigenvalue weighted by molar-refractivity contribution is 6.12. The van der Waals surface area contributed by atoms with E-state index < -0.39 is 0 Å². The first-order valence-electron chi connectivity index (χ1n) is 19.3. The number of aromatic nitrogens is 4. The quantitative estimate of drug-likeness (QED) is 0.172. The molecule has 4 nitrogen and oxygen atoms in total. The van der Waals surface area contributed by atoms with Crippen molar-refractivity contribution in [1.29, 1.82) is 0 Å². The lowest BCUT2D eigenvalue weighted by Gasteiger charge is -2.16. The topological polar surface area (TPSA) is 35.6 Å². The highest BCUT2D eigenvalue weighted by Gasteiger charge is 2.20. The zero-order valence-corrected chi connectivity index (χ0v) is 30.6. The van der Waals surface area contributed by atoms with Crippen LogP contribution in [0.4, 0.5) is 0 Å². The second kappa shape index (κ2) is 13.2. The molecular formula is C52H36N4. The molecule has 11 rings (SSSR count). The molecule has 4 heteroatoms. The maximum absolute atomic E-state index is 5.24. The molecule has 0 saturated heterocycles. The Hall–Kier alpha value is -7.30. The minimum atomic E-state index is 0.191. The van der Waals surface area contributed by atoms with E-state index in [0.717, 1.165) is 46.0 Å². The highest BCUT2D eigenvalue weighted by atomic mass is 15.1. The molecule has 1 unspecified atom stereocenters. The second-order valence-corrected chi connectivity index (χ2v) is 14.6. The number of nitrogens with zero attached hydrogens (tertiary/aromatic N) is 4. The number of hydrogen-bond donors (Lipinski definition) is 0. The summed E-state index contributed by atoms with van der Waals surface area (Å²) < 4.78 is 4.72.